The third-order valence-electron chi connectivity index (χ3n) is 7.79. The highest BCUT2D eigenvalue weighted by Gasteiger charge is 2.47. The van der Waals surface area contributed by atoms with Crippen LogP contribution in [0.25, 0.3) is 11.2 Å². The van der Waals surface area contributed by atoms with Gasteiger partial charge in [-0.15, -0.1) is 0 Å². The van der Waals surface area contributed by atoms with Crippen LogP contribution in [0.15, 0.2) is 18.5 Å². The number of carbonyl (C=O) groups is 1. The molecule has 34 heavy (non-hydrogen) atoms. The molecule has 11 nitrogen and oxygen atoms in total. The van der Waals surface area contributed by atoms with Gasteiger partial charge >= 0.3 is 0 Å². The predicted octanol–water partition coefficient (Wildman–Crippen LogP) is 1.26. The molecule has 6 rings (SSSR count). The Morgan fingerprint density at radius 2 is 2.09 bits per heavy atom. The number of hydrogen-bond donors (Lipinski definition) is 3. The number of ether oxygens (including phenoxy) is 1. The van der Waals surface area contributed by atoms with Crippen molar-refractivity contribution in [3.05, 3.63) is 29.7 Å². The van der Waals surface area contributed by atoms with Gasteiger partial charge in [0.2, 0.25) is 0 Å². The number of piperidine rings is 1. The number of carbonyl (C=O) groups excluding carboxylic acids is 1. The van der Waals surface area contributed by atoms with E-state index in [0.717, 1.165) is 69.0 Å². The molecule has 1 amide bonds. The number of nitrogens with zero attached hydrogens (tertiary/aromatic N) is 6. The summed E-state index contributed by atoms with van der Waals surface area (Å²) in [6.07, 6.45) is 7.11. The first-order chi connectivity index (χ1) is 16.5. The average Bonchev–Trinajstić information content (AvgIpc) is 3.40. The lowest BCUT2D eigenvalue weighted by molar-refractivity contribution is 0.0974. The molecule has 3 aliphatic rings. The fourth-order valence-electron chi connectivity index (χ4n) is 5.72. The zero-order valence-corrected chi connectivity index (χ0v) is 19.2. The van der Waals surface area contributed by atoms with Crippen molar-refractivity contribution in [2.24, 2.45) is 16.9 Å². The number of nitrogens with one attached hydrogen (secondary N) is 1. The third kappa shape index (κ3) is 3.22. The lowest BCUT2D eigenvalue weighted by Crippen LogP contribution is -2.50. The molecule has 6 heterocycles. The Balaban J connectivity index is 1.27. The summed E-state index contributed by atoms with van der Waals surface area (Å²) in [6.45, 7) is 5.29. The van der Waals surface area contributed by atoms with Gasteiger partial charge in [-0.1, -0.05) is 0 Å². The summed E-state index contributed by atoms with van der Waals surface area (Å²) in [4.78, 5) is 29.9. The number of pyridine rings is 1. The second-order valence-electron chi connectivity index (χ2n) is 9.64. The van der Waals surface area contributed by atoms with Crippen molar-refractivity contribution in [3.63, 3.8) is 0 Å². The summed E-state index contributed by atoms with van der Waals surface area (Å²) in [5, 5.41) is 7.60. The first-order valence-electron chi connectivity index (χ1n) is 11.9. The highest BCUT2D eigenvalue weighted by molar-refractivity contribution is 5.95. The number of anilines is 3. The van der Waals surface area contributed by atoms with Crippen LogP contribution in [0.5, 0.6) is 0 Å². The molecule has 5 N–H and O–H groups in total. The van der Waals surface area contributed by atoms with E-state index in [1.165, 1.54) is 0 Å². The van der Waals surface area contributed by atoms with Crippen LogP contribution in [0, 0.1) is 5.41 Å². The Labute approximate surface area is 196 Å². The number of aromatic amines is 1. The summed E-state index contributed by atoms with van der Waals surface area (Å²) in [7, 11) is 0. The van der Waals surface area contributed by atoms with Gasteiger partial charge in [0.15, 0.2) is 17.0 Å². The van der Waals surface area contributed by atoms with Crippen LogP contribution in [0.2, 0.25) is 0 Å². The molecule has 0 saturated carbocycles. The fourth-order valence-corrected chi connectivity index (χ4v) is 5.72. The highest BCUT2D eigenvalue weighted by Crippen LogP contribution is 2.42. The number of primary amides is 1. The van der Waals surface area contributed by atoms with Crippen molar-refractivity contribution < 1.29 is 9.53 Å². The monoisotopic (exact) mass is 463 g/mol. The summed E-state index contributed by atoms with van der Waals surface area (Å²) in [6, 6.07) is 1.97. The van der Waals surface area contributed by atoms with E-state index in [1.807, 2.05) is 12.3 Å². The molecule has 0 radical (unpaired) electrons. The number of aromatic nitrogens is 5. The number of rotatable bonds is 3. The van der Waals surface area contributed by atoms with Gasteiger partial charge in [0.05, 0.1) is 18.9 Å². The van der Waals surface area contributed by atoms with E-state index in [9.17, 15) is 4.79 Å². The number of hydrogen-bond acceptors (Lipinski definition) is 9. The van der Waals surface area contributed by atoms with Gasteiger partial charge in [0.25, 0.3) is 5.91 Å². The zero-order valence-electron chi connectivity index (χ0n) is 19.2. The van der Waals surface area contributed by atoms with Crippen molar-refractivity contribution in [1.82, 2.24) is 25.1 Å². The third-order valence-corrected chi connectivity index (χ3v) is 7.79. The normalized spacial score (nSPS) is 24.1. The Kier molecular flexibility index (Phi) is 4.92. The standard InChI is InChI=1S/C23H29N9O2/c1-13-19(24)23(12-34-13)5-9-31(10-6-23)16-11-27-18-21(28-16)29-30-22(18)32-8-2-3-14-15(32)4-7-26-17(14)20(25)33/h4,7,11,13,19H,2-3,5-6,8-10,12,24H2,1H3,(H2,25,33)(H,28,29,30)/t13-,19+/m0/s1. The highest BCUT2D eigenvalue weighted by atomic mass is 16.5. The molecule has 2 saturated heterocycles. The van der Waals surface area contributed by atoms with Gasteiger partial charge < -0.3 is 26.0 Å². The molecule has 178 valence electrons. The lowest BCUT2D eigenvalue weighted by Gasteiger charge is -2.41. The predicted molar refractivity (Wildman–Crippen MR) is 127 cm³/mol. The first kappa shape index (κ1) is 21.2. The molecule has 3 aromatic heterocycles. The molecule has 2 fully saturated rings. The second kappa shape index (κ2) is 7.88. The average molecular weight is 464 g/mol. The van der Waals surface area contributed by atoms with E-state index in [1.54, 1.807) is 6.20 Å². The Bertz CT molecular complexity index is 1250. The Hall–Kier alpha value is -3.31. The maximum Gasteiger partial charge on any atom is 0.267 e. The maximum absolute atomic E-state index is 11.9. The molecular weight excluding hydrogens is 434 g/mol. The van der Waals surface area contributed by atoms with E-state index < -0.39 is 5.91 Å². The summed E-state index contributed by atoms with van der Waals surface area (Å²) in [5.41, 5.74) is 15.5. The zero-order chi connectivity index (χ0) is 23.4. The van der Waals surface area contributed by atoms with Crippen LogP contribution in [0.1, 0.15) is 42.2 Å². The molecule has 2 atom stereocenters. The van der Waals surface area contributed by atoms with E-state index in [4.69, 9.17) is 26.2 Å². The van der Waals surface area contributed by atoms with Gasteiger partial charge in [-0.25, -0.2) is 9.97 Å². The van der Waals surface area contributed by atoms with Crippen molar-refractivity contribution in [1.29, 1.82) is 0 Å². The van der Waals surface area contributed by atoms with Gasteiger partial charge in [0.1, 0.15) is 11.5 Å². The van der Waals surface area contributed by atoms with E-state index >= 15 is 0 Å². The van der Waals surface area contributed by atoms with Crippen molar-refractivity contribution in [3.8, 4) is 0 Å². The summed E-state index contributed by atoms with van der Waals surface area (Å²) in [5.74, 6) is 1.01. The van der Waals surface area contributed by atoms with Gasteiger partial charge in [-0.3, -0.25) is 14.9 Å². The first-order valence-corrected chi connectivity index (χ1v) is 11.9. The molecule has 11 heteroatoms. The topological polar surface area (TPSA) is 152 Å². The molecule has 3 aliphatic heterocycles. The molecule has 1 spiro atoms. The molecule has 3 aromatic rings. The van der Waals surface area contributed by atoms with Crippen LogP contribution < -0.4 is 21.3 Å². The number of fused-ring (bicyclic) bond motifs is 2. The van der Waals surface area contributed by atoms with Crippen LogP contribution >= 0.6 is 0 Å². The Morgan fingerprint density at radius 1 is 1.26 bits per heavy atom. The summed E-state index contributed by atoms with van der Waals surface area (Å²) >= 11 is 0. The molecule has 0 aromatic carbocycles. The van der Waals surface area contributed by atoms with E-state index in [-0.39, 0.29) is 17.6 Å². The quantitative estimate of drug-likeness (QED) is 0.521. The molecule has 0 bridgehead atoms. The SMILES string of the molecule is C[C@@H]1OCC2(CCN(c3cnc4c(N5CCCc6c5ccnc6C(N)=O)n[nH]c4n3)CC2)[C@@H]1N. The number of amides is 1. The smallest absolute Gasteiger partial charge is 0.267 e. The van der Waals surface area contributed by atoms with Crippen LogP contribution in [0.4, 0.5) is 17.3 Å². The molecular formula is C23H29N9O2. The van der Waals surface area contributed by atoms with E-state index in [0.29, 0.717) is 22.7 Å². The van der Waals surface area contributed by atoms with Crippen molar-refractivity contribution >= 4 is 34.4 Å². The number of H-pyrrole nitrogens is 1. The van der Waals surface area contributed by atoms with E-state index in [2.05, 4.69) is 31.9 Å². The Morgan fingerprint density at radius 3 is 2.82 bits per heavy atom. The van der Waals surface area contributed by atoms with Crippen LogP contribution in [-0.2, 0) is 11.2 Å². The summed E-state index contributed by atoms with van der Waals surface area (Å²) < 4.78 is 5.84. The minimum Gasteiger partial charge on any atom is -0.376 e. The maximum atomic E-state index is 11.9. The molecule has 0 aliphatic carbocycles. The lowest BCUT2D eigenvalue weighted by atomic mass is 9.73. The van der Waals surface area contributed by atoms with Crippen LogP contribution in [0.3, 0.4) is 0 Å². The minimum atomic E-state index is -0.516. The van der Waals surface area contributed by atoms with Gasteiger partial charge in [0, 0.05) is 48.5 Å². The van der Waals surface area contributed by atoms with Crippen molar-refractivity contribution in [2.75, 3.05) is 36.0 Å². The van der Waals surface area contributed by atoms with Gasteiger partial charge in [-0.05, 0) is 38.7 Å². The minimum absolute atomic E-state index is 0.0644. The fraction of sp³-hybridized carbons (Fsp3) is 0.522. The largest absolute Gasteiger partial charge is 0.376 e. The van der Waals surface area contributed by atoms with Crippen molar-refractivity contribution in [2.45, 2.75) is 44.8 Å². The molecule has 0 unspecified atom stereocenters. The second-order valence-corrected chi connectivity index (χ2v) is 9.64. The van der Waals surface area contributed by atoms with Crippen LogP contribution in [-0.4, -0.2) is 69.4 Å². The van der Waals surface area contributed by atoms with Gasteiger partial charge in [-0.2, -0.15) is 5.10 Å². The number of nitrogens with two attached hydrogens (primary N) is 2.